The van der Waals surface area contributed by atoms with Crippen molar-refractivity contribution < 1.29 is 4.79 Å². The molecule has 1 aromatic rings. The van der Waals surface area contributed by atoms with Gasteiger partial charge in [0.1, 0.15) is 5.82 Å². The first-order valence-corrected chi connectivity index (χ1v) is 5.01. The van der Waals surface area contributed by atoms with Crippen molar-refractivity contribution in [2.24, 2.45) is 0 Å². The number of nitrogens with one attached hydrogen (secondary N) is 2. The number of nitrogens with zero attached hydrogens (tertiary/aromatic N) is 1. The van der Waals surface area contributed by atoms with Crippen LogP contribution in [0.3, 0.4) is 0 Å². The Balaban J connectivity index is 2.00. The number of anilines is 1. The standard InChI is InChI=1S/C11H13N3O/c15-11(9-4-3-6-12-8-9)14-10-5-1-2-7-13-10/h1-2,5,7-8,12H,3-4,6H2,(H,13,14,15). The third-order valence-electron chi connectivity index (χ3n) is 2.24. The van der Waals surface area contributed by atoms with Gasteiger partial charge in [0, 0.05) is 24.5 Å². The summed E-state index contributed by atoms with van der Waals surface area (Å²) in [5.74, 6) is 0.523. The summed E-state index contributed by atoms with van der Waals surface area (Å²) in [6, 6.07) is 5.43. The molecule has 0 saturated carbocycles. The summed E-state index contributed by atoms with van der Waals surface area (Å²) in [5, 5.41) is 5.81. The molecule has 1 amide bonds. The van der Waals surface area contributed by atoms with Gasteiger partial charge in [0.15, 0.2) is 0 Å². The maximum Gasteiger partial charge on any atom is 0.254 e. The molecule has 0 bridgehead atoms. The molecule has 2 N–H and O–H groups in total. The normalized spacial score (nSPS) is 15.1. The number of pyridine rings is 1. The molecule has 4 heteroatoms. The molecule has 0 fully saturated rings. The highest BCUT2D eigenvalue weighted by molar-refractivity contribution is 6.03. The fourth-order valence-corrected chi connectivity index (χ4v) is 1.46. The summed E-state index contributed by atoms with van der Waals surface area (Å²) in [5.41, 5.74) is 0.784. The Bertz CT molecular complexity index is 373. The molecule has 78 valence electrons. The van der Waals surface area contributed by atoms with Crippen LogP contribution in [-0.4, -0.2) is 17.4 Å². The minimum Gasteiger partial charge on any atom is -0.391 e. The van der Waals surface area contributed by atoms with Crippen molar-refractivity contribution in [3.8, 4) is 0 Å². The van der Waals surface area contributed by atoms with E-state index < -0.39 is 0 Å². The molecule has 15 heavy (non-hydrogen) atoms. The van der Waals surface area contributed by atoms with Crippen molar-refractivity contribution in [3.05, 3.63) is 36.2 Å². The quantitative estimate of drug-likeness (QED) is 0.761. The lowest BCUT2D eigenvalue weighted by Crippen LogP contribution is -2.22. The van der Waals surface area contributed by atoms with Crippen LogP contribution in [0.1, 0.15) is 12.8 Å². The van der Waals surface area contributed by atoms with Crippen LogP contribution < -0.4 is 10.6 Å². The van der Waals surface area contributed by atoms with Crippen LogP contribution in [0.25, 0.3) is 0 Å². The molecule has 0 saturated heterocycles. The summed E-state index contributed by atoms with van der Waals surface area (Å²) in [4.78, 5) is 15.7. The SMILES string of the molecule is O=C(Nc1ccccn1)C1=CNCCC1. The molecular weight excluding hydrogens is 190 g/mol. The second-order valence-electron chi connectivity index (χ2n) is 3.40. The van der Waals surface area contributed by atoms with Crippen LogP contribution in [0.5, 0.6) is 0 Å². The van der Waals surface area contributed by atoms with Gasteiger partial charge < -0.3 is 10.6 Å². The van der Waals surface area contributed by atoms with E-state index >= 15 is 0 Å². The Hall–Kier alpha value is -1.84. The van der Waals surface area contributed by atoms with Gasteiger partial charge in [-0.25, -0.2) is 4.98 Å². The first-order chi connectivity index (χ1) is 7.36. The van der Waals surface area contributed by atoms with E-state index in [1.165, 1.54) is 0 Å². The molecular formula is C11H13N3O. The molecule has 0 aromatic carbocycles. The van der Waals surface area contributed by atoms with E-state index in [2.05, 4.69) is 15.6 Å². The predicted molar refractivity (Wildman–Crippen MR) is 58.2 cm³/mol. The smallest absolute Gasteiger partial charge is 0.254 e. The maximum atomic E-state index is 11.7. The van der Waals surface area contributed by atoms with Crippen LogP contribution in [0.15, 0.2) is 36.2 Å². The fourth-order valence-electron chi connectivity index (χ4n) is 1.46. The molecule has 1 aliphatic heterocycles. The first kappa shape index (κ1) is 9.71. The zero-order chi connectivity index (χ0) is 10.5. The van der Waals surface area contributed by atoms with Crippen molar-refractivity contribution in [1.82, 2.24) is 10.3 Å². The number of carbonyl (C=O) groups excluding carboxylic acids is 1. The van der Waals surface area contributed by atoms with Crippen molar-refractivity contribution in [2.75, 3.05) is 11.9 Å². The Morgan fingerprint density at radius 3 is 3.07 bits per heavy atom. The number of amides is 1. The minimum atomic E-state index is -0.0686. The maximum absolute atomic E-state index is 11.7. The zero-order valence-corrected chi connectivity index (χ0v) is 8.36. The van der Waals surface area contributed by atoms with E-state index in [0.717, 1.165) is 25.0 Å². The summed E-state index contributed by atoms with van der Waals surface area (Å²) < 4.78 is 0. The van der Waals surface area contributed by atoms with E-state index in [1.54, 1.807) is 18.5 Å². The topological polar surface area (TPSA) is 54.0 Å². The lowest BCUT2D eigenvalue weighted by Gasteiger charge is -2.13. The number of hydrogen-bond acceptors (Lipinski definition) is 3. The average Bonchev–Trinajstić information content (AvgIpc) is 2.31. The molecule has 1 aliphatic rings. The molecule has 2 heterocycles. The molecule has 0 spiro atoms. The molecule has 2 rings (SSSR count). The lowest BCUT2D eigenvalue weighted by atomic mass is 10.1. The van der Waals surface area contributed by atoms with Gasteiger partial charge >= 0.3 is 0 Å². The number of aromatic nitrogens is 1. The van der Waals surface area contributed by atoms with Crippen molar-refractivity contribution >= 4 is 11.7 Å². The lowest BCUT2D eigenvalue weighted by molar-refractivity contribution is -0.113. The summed E-state index contributed by atoms with van der Waals surface area (Å²) in [7, 11) is 0. The van der Waals surface area contributed by atoms with E-state index in [9.17, 15) is 4.79 Å². The van der Waals surface area contributed by atoms with Crippen molar-refractivity contribution in [3.63, 3.8) is 0 Å². The molecule has 0 unspecified atom stereocenters. The zero-order valence-electron chi connectivity index (χ0n) is 8.36. The molecule has 0 aliphatic carbocycles. The third kappa shape index (κ3) is 2.56. The summed E-state index contributed by atoms with van der Waals surface area (Å²) in [6.45, 7) is 0.945. The highest BCUT2D eigenvalue weighted by Gasteiger charge is 2.12. The van der Waals surface area contributed by atoms with Crippen LogP contribution in [0.2, 0.25) is 0 Å². The molecule has 4 nitrogen and oxygen atoms in total. The van der Waals surface area contributed by atoms with Gasteiger partial charge in [0.25, 0.3) is 5.91 Å². The van der Waals surface area contributed by atoms with Crippen LogP contribution in [-0.2, 0) is 4.79 Å². The molecule has 0 atom stereocenters. The van der Waals surface area contributed by atoms with Gasteiger partial charge in [0.2, 0.25) is 0 Å². The summed E-state index contributed by atoms with van der Waals surface area (Å²) in [6.07, 6.45) is 5.26. The van der Waals surface area contributed by atoms with Gasteiger partial charge in [-0.05, 0) is 25.0 Å². The van der Waals surface area contributed by atoms with Crippen molar-refractivity contribution in [2.45, 2.75) is 12.8 Å². The average molecular weight is 203 g/mol. The Kier molecular flexibility index (Phi) is 2.97. The molecule has 0 radical (unpaired) electrons. The van der Waals surface area contributed by atoms with Gasteiger partial charge in [-0.2, -0.15) is 0 Å². The summed E-state index contributed by atoms with van der Waals surface area (Å²) >= 11 is 0. The van der Waals surface area contributed by atoms with Crippen LogP contribution >= 0.6 is 0 Å². The largest absolute Gasteiger partial charge is 0.391 e. The number of hydrogen-bond donors (Lipinski definition) is 2. The number of carbonyl (C=O) groups is 1. The monoisotopic (exact) mass is 203 g/mol. The second-order valence-corrected chi connectivity index (χ2v) is 3.40. The van der Waals surface area contributed by atoms with Gasteiger partial charge in [-0.3, -0.25) is 4.79 Å². The predicted octanol–water partition coefficient (Wildman–Crippen LogP) is 1.29. The van der Waals surface area contributed by atoms with Gasteiger partial charge in [0.05, 0.1) is 0 Å². The van der Waals surface area contributed by atoms with E-state index in [1.807, 2.05) is 12.1 Å². The van der Waals surface area contributed by atoms with Crippen LogP contribution in [0.4, 0.5) is 5.82 Å². The van der Waals surface area contributed by atoms with Crippen molar-refractivity contribution in [1.29, 1.82) is 0 Å². The van der Waals surface area contributed by atoms with E-state index in [4.69, 9.17) is 0 Å². The first-order valence-electron chi connectivity index (χ1n) is 5.01. The van der Waals surface area contributed by atoms with E-state index in [0.29, 0.717) is 5.82 Å². The minimum absolute atomic E-state index is 0.0686. The Morgan fingerprint density at radius 1 is 1.47 bits per heavy atom. The Labute approximate surface area is 88.4 Å². The van der Waals surface area contributed by atoms with Gasteiger partial charge in [-0.1, -0.05) is 6.07 Å². The highest BCUT2D eigenvalue weighted by atomic mass is 16.1. The highest BCUT2D eigenvalue weighted by Crippen LogP contribution is 2.10. The molecule has 1 aromatic heterocycles. The van der Waals surface area contributed by atoms with E-state index in [-0.39, 0.29) is 5.91 Å². The second kappa shape index (κ2) is 4.59. The van der Waals surface area contributed by atoms with Crippen LogP contribution in [0, 0.1) is 0 Å². The fraction of sp³-hybridized carbons (Fsp3) is 0.273. The van der Waals surface area contributed by atoms with Gasteiger partial charge in [-0.15, -0.1) is 0 Å². The Morgan fingerprint density at radius 2 is 2.40 bits per heavy atom. The third-order valence-corrected chi connectivity index (χ3v) is 2.24. The number of rotatable bonds is 2.